The molecule has 1 saturated heterocycles. The summed E-state index contributed by atoms with van der Waals surface area (Å²) in [4.78, 5) is 17.1. The summed E-state index contributed by atoms with van der Waals surface area (Å²) in [5.74, 6) is 2.41. The average molecular weight is 412 g/mol. The number of nitrogens with one attached hydrogen (secondary N) is 1. The minimum Gasteiger partial charge on any atom is -0.497 e. The lowest BCUT2D eigenvalue weighted by atomic mass is 10.1. The zero-order valence-corrected chi connectivity index (χ0v) is 17.6. The molecule has 7 heteroatoms. The molecule has 4 rings (SSSR count). The van der Waals surface area contributed by atoms with Gasteiger partial charge in [-0.15, -0.1) is 0 Å². The number of nitrogens with zero attached hydrogens (tertiary/aromatic N) is 2. The second-order valence-electron chi connectivity index (χ2n) is 7.65. The van der Waals surface area contributed by atoms with Crippen LogP contribution in [0, 0.1) is 0 Å². The number of anilines is 1. The summed E-state index contributed by atoms with van der Waals surface area (Å²) in [5, 5.41) is 3.10. The zero-order chi connectivity index (χ0) is 20.9. The van der Waals surface area contributed by atoms with E-state index < -0.39 is 0 Å². The molecular weight excluding hydrogens is 382 g/mol. The molecule has 0 aliphatic carbocycles. The van der Waals surface area contributed by atoms with Gasteiger partial charge >= 0.3 is 0 Å². The summed E-state index contributed by atoms with van der Waals surface area (Å²) >= 11 is 0. The summed E-state index contributed by atoms with van der Waals surface area (Å²) in [6, 6.07) is 13.9. The first-order chi connectivity index (χ1) is 14.6. The first-order valence-corrected chi connectivity index (χ1v) is 10.4. The molecule has 160 valence electrons. The van der Waals surface area contributed by atoms with Crippen LogP contribution in [0.4, 0.5) is 5.69 Å². The van der Waals surface area contributed by atoms with Gasteiger partial charge in [0.1, 0.15) is 19.0 Å². The van der Waals surface area contributed by atoms with Gasteiger partial charge < -0.3 is 24.4 Å². The molecule has 0 unspecified atom stereocenters. The number of benzene rings is 2. The van der Waals surface area contributed by atoms with Crippen LogP contribution in [-0.4, -0.2) is 63.9 Å². The van der Waals surface area contributed by atoms with E-state index in [2.05, 4.69) is 27.2 Å². The highest BCUT2D eigenvalue weighted by Gasteiger charge is 2.21. The van der Waals surface area contributed by atoms with E-state index in [9.17, 15) is 4.79 Å². The molecule has 0 saturated carbocycles. The predicted octanol–water partition coefficient (Wildman–Crippen LogP) is 2.47. The third kappa shape index (κ3) is 4.79. The SMILES string of the molecule is COc1ccc(N2CCN(CC(=O)N[C@@H](C)c3ccc4c(c3)OCCO4)CC2)cc1. The molecule has 1 amide bonds. The highest BCUT2D eigenvalue weighted by Crippen LogP contribution is 2.32. The normalized spacial score (nSPS) is 17.3. The van der Waals surface area contributed by atoms with E-state index in [0.29, 0.717) is 19.8 Å². The number of piperazine rings is 1. The van der Waals surface area contributed by atoms with Crippen molar-refractivity contribution in [3.63, 3.8) is 0 Å². The van der Waals surface area contributed by atoms with Crippen molar-refractivity contribution in [3.05, 3.63) is 48.0 Å². The topological polar surface area (TPSA) is 63.3 Å². The number of rotatable bonds is 6. The molecule has 2 heterocycles. The molecule has 1 fully saturated rings. The number of carbonyl (C=O) groups excluding carboxylic acids is 1. The van der Waals surface area contributed by atoms with Crippen LogP contribution < -0.4 is 24.4 Å². The lowest BCUT2D eigenvalue weighted by molar-refractivity contribution is -0.123. The van der Waals surface area contributed by atoms with Gasteiger partial charge in [-0.2, -0.15) is 0 Å². The van der Waals surface area contributed by atoms with Crippen molar-refractivity contribution in [3.8, 4) is 17.2 Å². The Morgan fingerprint density at radius 2 is 1.73 bits per heavy atom. The Morgan fingerprint density at radius 3 is 2.43 bits per heavy atom. The van der Waals surface area contributed by atoms with E-state index >= 15 is 0 Å². The highest BCUT2D eigenvalue weighted by atomic mass is 16.6. The van der Waals surface area contributed by atoms with Crippen LogP contribution in [-0.2, 0) is 4.79 Å². The molecular formula is C23H29N3O4. The zero-order valence-electron chi connectivity index (χ0n) is 17.6. The van der Waals surface area contributed by atoms with Crippen LogP contribution in [0.3, 0.4) is 0 Å². The molecule has 1 atom stereocenters. The monoisotopic (exact) mass is 411 g/mol. The van der Waals surface area contributed by atoms with Crippen molar-refractivity contribution in [1.29, 1.82) is 0 Å². The molecule has 7 nitrogen and oxygen atoms in total. The number of carbonyl (C=O) groups is 1. The fourth-order valence-electron chi connectivity index (χ4n) is 3.86. The number of methoxy groups -OCH3 is 1. The van der Waals surface area contributed by atoms with E-state index in [1.165, 1.54) is 5.69 Å². The van der Waals surface area contributed by atoms with Gasteiger partial charge in [-0.25, -0.2) is 0 Å². The van der Waals surface area contributed by atoms with Crippen LogP contribution >= 0.6 is 0 Å². The Morgan fingerprint density at radius 1 is 1.03 bits per heavy atom. The van der Waals surface area contributed by atoms with E-state index in [-0.39, 0.29) is 11.9 Å². The number of hydrogen-bond acceptors (Lipinski definition) is 6. The van der Waals surface area contributed by atoms with E-state index in [1.807, 2.05) is 37.3 Å². The first kappa shape index (κ1) is 20.3. The molecule has 2 aromatic carbocycles. The summed E-state index contributed by atoms with van der Waals surface area (Å²) in [6.45, 7) is 7.05. The molecule has 2 aromatic rings. The molecule has 2 aliphatic heterocycles. The fraction of sp³-hybridized carbons (Fsp3) is 0.435. The van der Waals surface area contributed by atoms with Gasteiger partial charge in [0, 0.05) is 31.9 Å². The van der Waals surface area contributed by atoms with Gasteiger partial charge in [0.2, 0.25) is 5.91 Å². The largest absolute Gasteiger partial charge is 0.497 e. The van der Waals surface area contributed by atoms with Crippen molar-refractivity contribution < 1.29 is 19.0 Å². The summed E-state index contributed by atoms with van der Waals surface area (Å²) < 4.78 is 16.4. The van der Waals surface area contributed by atoms with Crippen molar-refractivity contribution in [2.75, 3.05) is 57.9 Å². The number of ether oxygens (including phenoxy) is 3. The lowest BCUT2D eigenvalue weighted by Gasteiger charge is -2.36. The third-order valence-corrected chi connectivity index (χ3v) is 5.62. The highest BCUT2D eigenvalue weighted by molar-refractivity contribution is 5.78. The minimum atomic E-state index is -0.0890. The third-order valence-electron chi connectivity index (χ3n) is 5.62. The maximum Gasteiger partial charge on any atom is 0.234 e. The molecule has 0 radical (unpaired) electrons. The standard InChI is InChI=1S/C23H29N3O4/c1-17(18-3-8-21-22(15-18)30-14-13-29-21)24-23(27)16-25-9-11-26(12-10-25)19-4-6-20(28-2)7-5-19/h3-8,15,17H,9-14,16H2,1-2H3,(H,24,27)/t17-/m0/s1. The lowest BCUT2D eigenvalue weighted by Crippen LogP contribution is -2.49. The molecule has 2 aliphatic rings. The van der Waals surface area contributed by atoms with Crippen molar-refractivity contribution in [2.24, 2.45) is 0 Å². The second kappa shape index (κ2) is 9.26. The van der Waals surface area contributed by atoms with Gasteiger partial charge in [0.15, 0.2) is 11.5 Å². The molecule has 0 spiro atoms. The van der Waals surface area contributed by atoms with Crippen molar-refractivity contribution in [2.45, 2.75) is 13.0 Å². The van der Waals surface area contributed by atoms with Gasteiger partial charge in [0.05, 0.1) is 19.7 Å². The molecule has 0 aromatic heterocycles. The molecule has 0 bridgehead atoms. The molecule has 30 heavy (non-hydrogen) atoms. The number of amides is 1. The Kier molecular flexibility index (Phi) is 6.28. The predicted molar refractivity (Wildman–Crippen MR) is 116 cm³/mol. The number of hydrogen-bond donors (Lipinski definition) is 1. The maximum absolute atomic E-state index is 12.6. The van der Waals surface area contributed by atoms with Crippen LogP contribution in [0.2, 0.25) is 0 Å². The Hall–Kier alpha value is -2.93. The Labute approximate surface area is 177 Å². The Balaban J connectivity index is 1.25. The van der Waals surface area contributed by atoms with Crippen LogP contribution in [0.1, 0.15) is 18.5 Å². The van der Waals surface area contributed by atoms with Crippen molar-refractivity contribution >= 4 is 11.6 Å². The summed E-state index contributed by atoms with van der Waals surface area (Å²) in [7, 11) is 1.67. The van der Waals surface area contributed by atoms with Crippen LogP contribution in [0.25, 0.3) is 0 Å². The van der Waals surface area contributed by atoms with Gasteiger partial charge in [-0.1, -0.05) is 6.07 Å². The van der Waals surface area contributed by atoms with E-state index in [4.69, 9.17) is 14.2 Å². The van der Waals surface area contributed by atoms with Crippen LogP contribution in [0.15, 0.2) is 42.5 Å². The second-order valence-corrected chi connectivity index (χ2v) is 7.65. The van der Waals surface area contributed by atoms with Gasteiger partial charge in [0.25, 0.3) is 0 Å². The van der Waals surface area contributed by atoms with Gasteiger partial charge in [-0.05, 0) is 48.9 Å². The van der Waals surface area contributed by atoms with Gasteiger partial charge in [-0.3, -0.25) is 9.69 Å². The quantitative estimate of drug-likeness (QED) is 0.788. The minimum absolute atomic E-state index is 0.0373. The summed E-state index contributed by atoms with van der Waals surface area (Å²) in [6.07, 6.45) is 0. The van der Waals surface area contributed by atoms with E-state index in [0.717, 1.165) is 49.0 Å². The average Bonchev–Trinajstić information content (AvgIpc) is 2.79. The fourth-order valence-corrected chi connectivity index (χ4v) is 3.86. The smallest absolute Gasteiger partial charge is 0.234 e. The van der Waals surface area contributed by atoms with Crippen LogP contribution in [0.5, 0.6) is 17.2 Å². The Bertz CT molecular complexity index is 863. The van der Waals surface area contributed by atoms with E-state index in [1.54, 1.807) is 7.11 Å². The van der Waals surface area contributed by atoms with Crippen molar-refractivity contribution in [1.82, 2.24) is 10.2 Å². The number of fused-ring (bicyclic) bond motifs is 1. The maximum atomic E-state index is 12.6. The summed E-state index contributed by atoms with van der Waals surface area (Å²) in [5.41, 5.74) is 2.20. The first-order valence-electron chi connectivity index (χ1n) is 10.4. The molecule has 1 N–H and O–H groups in total.